The van der Waals surface area contributed by atoms with Crippen LogP contribution in [0.1, 0.15) is 22.3 Å². The molecule has 1 atom stereocenters. The van der Waals surface area contributed by atoms with Crippen molar-refractivity contribution in [2.24, 2.45) is 0 Å². The molecular weight excluding hydrogens is 368 g/mol. The Balaban J connectivity index is 1.41. The Labute approximate surface area is 166 Å². The van der Waals surface area contributed by atoms with Crippen molar-refractivity contribution in [3.63, 3.8) is 0 Å². The third-order valence-corrected chi connectivity index (χ3v) is 4.99. The summed E-state index contributed by atoms with van der Waals surface area (Å²) in [5, 5.41) is 8.61. The van der Waals surface area contributed by atoms with Gasteiger partial charge in [-0.3, -0.25) is 9.78 Å². The normalized spacial score (nSPS) is 16.8. The number of aromatic nitrogens is 5. The van der Waals surface area contributed by atoms with Crippen LogP contribution in [0.25, 0.3) is 16.6 Å². The summed E-state index contributed by atoms with van der Waals surface area (Å²) in [7, 11) is 0. The maximum Gasteiger partial charge on any atom is 0.274 e. The van der Waals surface area contributed by atoms with Gasteiger partial charge in [-0.15, -0.1) is 5.10 Å². The molecule has 29 heavy (non-hydrogen) atoms. The van der Waals surface area contributed by atoms with E-state index in [0.29, 0.717) is 25.4 Å². The van der Waals surface area contributed by atoms with Gasteiger partial charge in [0.2, 0.25) is 0 Å². The lowest BCUT2D eigenvalue weighted by atomic mass is 10.1. The molecule has 0 bridgehead atoms. The zero-order valence-electron chi connectivity index (χ0n) is 15.5. The van der Waals surface area contributed by atoms with Crippen LogP contribution in [0.2, 0.25) is 0 Å². The lowest BCUT2D eigenvalue weighted by molar-refractivity contribution is -0.0243. The molecule has 144 valence electrons. The van der Waals surface area contributed by atoms with Gasteiger partial charge in [-0.2, -0.15) is 0 Å². The minimum Gasteiger partial charge on any atom is -0.368 e. The fourth-order valence-electron chi connectivity index (χ4n) is 3.52. The van der Waals surface area contributed by atoms with Gasteiger partial charge in [-0.25, -0.2) is 9.50 Å². The number of benzene rings is 1. The Morgan fingerprint density at radius 2 is 1.97 bits per heavy atom. The van der Waals surface area contributed by atoms with Crippen LogP contribution >= 0.6 is 0 Å². The molecule has 0 aliphatic carbocycles. The Morgan fingerprint density at radius 1 is 1.07 bits per heavy atom. The Morgan fingerprint density at radius 3 is 2.79 bits per heavy atom. The van der Waals surface area contributed by atoms with Gasteiger partial charge in [0, 0.05) is 30.7 Å². The Hall–Kier alpha value is -3.65. The fraction of sp³-hybridized carbons (Fsp3) is 0.190. The van der Waals surface area contributed by atoms with E-state index in [2.05, 4.69) is 32.4 Å². The van der Waals surface area contributed by atoms with Gasteiger partial charge in [0.15, 0.2) is 0 Å². The van der Waals surface area contributed by atoms with E-state index in [-0.39, 0.29) is 12.0 Å². The molecule has 1 aliphatic heterocycles. The Kier molecular flexibility index (Phi) is 4.45. The molecule has 1 aliphatic rings. The van der Waals surface area contributed by atoms with Gasteiger partial charge < -0.3 is 9.64 Å². The van der Waals surface area contributed by atoms with E-state index >= 15 is 0 Å². The highest BCUT2D eigenvalue weighted by molar-refractivity contribution is 5.92. The van der Waals surface area contributed by atoms with E-state index in [4.69, 9.17) is 4.74 Å². The third kappa shape index (κ3) is 3.34. The molecule has 4 aromatic rings. The van der Waals surface area contributed by atoms with Crippen molar-refractivity contribution in [3.05, 3.63) is 78.6 Å². The number of amides is 1. The van der Waals surface area contributed by atoms with Gasteiger partial charge in [0.05, 0.1) is 24.9 Å². The van der Waals surface area contributed by atoms with E-state index in [9.17, 15) is 4.79 Å². The van der Waals surface area contributed by atoms with Crippen molar-refractivity contribution in [1.82, 2.24) is 29.7 Å². The molecule has 5 rings (SSSR count). The average molecular weight is 386 g/mol. The van der Waals surface area contributed by atoms with Crippen LogP contribution in [0.4, 0.5) is 0 Å². The number of fused-ring (bicyclic) bond motifs is 1. The van der Waals surface area contributed by atoms with E-state index in [1.165, 1.54) is 12.4 Å². The number of nitrogens with zero attached hydrogens (tertiary/aromatic N) is 6. The van der Waals surface area contributed by atoms with Gasteiger partial charge in [0.25, 0.3) is 5.91 Å². The van der Waals surface area contributed by atoms with Crippen LogP contribution in [-0.4, -0.2) is 55.3 Å². The second kappa shape index (κ2) is 7.40. The molecule has 0 unspecified atom stereocenters. The fourth-order valence-corrected chi connectivity index (χ4v) is 3.52. The van der Waals surface area contributed by atoms with Crippen LogP contribution < -0.4 is 0 Å². The van der Waals surface area contributed by atoms with Gasteiger partial charge in [0.1, 0.15) is 17.5 Å². The van der Waals surface area contributed by atoms with Gasteiger partial charge in [-0.05, 0) is 11.6 Å². The topological polar surface area (TPSA) is 85.5 Å². The standard InChI is InChI=1S/C21H18N6O2/c28-21(17-12-22-8-9-23-17)26-10-11-29-19(14-26)20-18-7-6-16(13-27(18)25-24-20)15-4-2-1-3-5-15/h1-9,12-13,19H,10-11,14H2/t19-/m0/s1. The quantitative estimate of drug-likeness (QED) is 0.537. The van der Waals surface area contributed by atoms with Crippen LogP contribution in [0.3, 0.4) is 0 Å². The number of rotatable bonds is 3. The van der Waals surface area contributed by atoms with Gasteiger partial charge in [-0.1, -0.05) is 41.6 Å². The highest BCUT2D eigenvalue weighted by atomic mass is 16.5. The summed E-state index contributed by atoms with van der Waals surface area (Å²) < 4.78 is 7.67. The molecular formula is C21H18N6O2. The number of pyridine rings is 1. The molecule has 1 fully saturated rings. The molecule has 3 aromatic heterocycles. The predicted molar refractivity (Wildman–Crippen MR) is 105 cm³/mol. The van der Waals surface area contributed by atoms with Crippen molar-refractivity contribution >= 4 is 11.4 Å². The van der Waals surface area contributed by atoms with Crippen LogP contribution in [0.15, 0.2) is 67.3 Å². The summed E-state index contributed by atoms with van der Waals surface area (Å²) in [5.41, 5.74) is 4.08. The summed E-state index contributed by atoms with van der Waals surface area (Å²) in [4.78, 5) is 22.5. The first kappa shape index (κ1) is 17.4. The lowest BCUT2D eigenvalue weighted by Gasteiger charge is -2.31. The minimum absolute atomic E-state index is 0.158. The Bertz CT molecular complexity index is 1150. The molecule has 0 spiro atoms. The number of morpholine rings is 1. The lowest BCUT2D eigenvalue weighted by Crippen LogP contribution is -2.42. The van der Waals surface area contributed by atoms with Crippen LogP contribution in [0.5, 0.6) is 0 Å². The average Bonchev–Trinajstić information content (AvgIpc) is 3.23. The number of ether oxygens (including phenoxy) is 1. The predicted octanol–water partition coefficient (Wildman–Crippen LogP) is 2.40. The van der Waals surface area contributed by atoms with Crippen LogP contribution in [0, 0.1) is 0 Å². The maximum absolute atomic E-state index is 12.7. The van der Waals surface area contributed by atoms with Crippen molar-refractivity contribution in [2.45, 2.75) is 6.10 Å². The molecule has 8 nitrogen and oxygen atoms in total. The summed E-state index contributed by atoms with van der Waals surface area (Å²) in [6, 6.07) is 14.1. The van der Waals surface area contributed by atoms with E-state index in [0.717, 1.165) is 22.3 Å². The summed E-state index contributed by atoms with van der Waals surface area (Å²) >= 11 is 0. The molecule has 1 amide bonds. The van der Waals surface area contributed by atoms with Crippen molar-refractivity contribution in [3.8, 4) is 11.1 Å². The number of hydrogen-bond acceptors (Lipinski definition) is 6. The SMILES string of the molecule is O=C(c1cnccn1)N1CCO[C@H](c2nnn3cc(-c4ccccc4)ccc23)C1. The monoisotopic (exact) mass is 386 g/mol. The molecule has 0 N–H and O–H groups in total. The first-order valence-electron chi connectivity index (χ1n) is 9.37. The molecule has 1 aromatic carbocycles. The molecule has 0 saturated carbocycles. The summed E-state index contributed by atoms with van der Waals surface area (Å²) in [5.74, 6) is -0.158. The first-order chi connectivity index (χ1) is 14.3. The van der Waals surface area contributed by atoms with Crippen LogP contribution in [-0.2, 0) is 4.74 Å². The smallest absolute Gasteiger partial charge is 0.274 e. The van der Waals surface area contributed by atoms with Crippen molar-refractivity contribution in [2.75, 3.05) is 19.7 Å². The molecule has 1 saturated heterocycles. The molecule has 4 heterocycles. The summed E-state index contributed by atoms with van der Waals surface area (Å²) in [6.07, 6.45) is 6.15. The van der Waals surface area contributed by atoms with E-state index < -0.39 is 0 Å². The first-order valence-corrected chi connectivity index (χ1v) is 9.37. The van der Waals surface area contributed by atoms with Gasteiger partial charge >= 0.3 is 0 Å². The van der Waals surface area contributed by atoms with E-state index in [1.807, 2.05) is 36.5 Å². The number of carbonyl (C=O) groups excluding carboxylic acids is 1. The summed E-state index contributed by atoms with van der Waals surface area (Å²) in [6.45, 7) is 1.32. The highest BCUT2D eigenvalue weighted by Crippen LogP contribution is 2.27. The second-order valence-electron chi connectivity index (χ2n) is 6.79. The largest absolute Gasteiger partial charge is 0.368 e. The van der Waals surface area contributed by atoms with E-state index in [1.54, 1.807) is 15.6 Å². The van der Waals surface area contributed by atoms with Crippen molar-refractivity contribution in [1.29, 1.82) is 0 Å². The zero-order chi connectivity index (χ0) is 19.6. The highest BCUT2D eigenvalue weighted by Gasteiger charge is 2.29. The third-order valence-electron chi connectivity index (χ3n) is 4.99. The number of hydrogen-bond donors (Lipinski definition) is 0. The second-order valence-corrected chi connectivity index (χ2v) is 6.79. The number of carbonyl (C=O) groups is 1. The maximum atomic E-state index is 12.7. The zero-order valence-corrected chi connectivity index (χ0v) is 15.5. The minimum atomic E-state index is -0.343. The van der Waals surface area contributed by atoms with Crippen molar-refractivity contribution < 1.29 is 9.53 Å². The molecule has 8 heteroatoms. The molecule has 0 radical (unpaired) electrons.